The average Bonchev–Trinajstić information content (AvgIpc) is 2.50. The fourth-order valence-corrected chi connectivity index (χ4v) is 1.62. The second-order valence-electron chi connectivity index (χ2n) is 3.83. The molecule has 84 valence electrons. The lowest BCUT2D eigenvalue weighted by Crippen LogP contribution is -2.29. The molecule has 5 heteroatoms. The van der Waals surface area contributed by atoms with Crippen LogP contribution in [-0.4, -0.2) is 35.3 Å². The molecule has 0 radical (unpaired) electrons. The number of carbonyl (C=O) groups is 2. The molecule has 0 spiro atoms. The molecule has 16 heavy (non-hydrogen) atoms. The minimum absolute atomic E-state index is 0.152. The van der Waals surface area contributed by atoms with Crippen LogP contribution >= 0.6 is 0 Å². The minimum atomic E-state index is -0.248. The molecule has 0 bridgehead atoms. The van der Waals surface area contributed by atoms with Crippen molar-refractivity contribution in [1.82, 2.24) is 9.80 Å². The third-order valence-electron chi connectivity index (χ3n) is 2.61. The Kier molecular flexibility index (Phi) is 2.52. The van der Waals surface area contributed by atoms with Crippen LogP contribution in [0.1, 0.15) is 5.56 Å². The summed E-state index contributed by atoms with van der Waals surface area (Å²) in [6.45, 7) is 0.592. The number of imide groups is 1. The Morgan fingerprint density at radius 3 is 2.38 bits per heavy atom. The highest BCUT2D eigenvalue weighted by atomic mass is 16.2. The van der Waals surface area contributed by atoms with Crippen LogP contribution in [0.25, 0.3) is 0 Å². The molecule has 1 saturated heterocycles. The molecular formula is C11H13N3O2. The van der Waals surface area contributed by atoms with Gasteiger partial charge in [0.25, 0.3) is 0 Å². The van der Waals surface area contributed by atoms with Gasteiger partial charge >= 0.3 is 6.03 Å². The Balaban J connectivity index is 2.09. The van der Waals surface area contributed by atoms with E-state index in [4.69, 9.17) is 5.73 Å². The third-order valence-corrected chi connectivity index (χ3v) is 2.61. The molecule has 0 saturated carbocycles. The first-order valence-corrected chi connectivity index (χ1v) is 4.98. The summed E-state index contributed by atoms with van der Waals surface area (Å²) in [4.78, 5) is 25.5. The Morgan fingerprint density at radius 1 is 1.25 bits per heavy atom. The standard InChI is InChI=1S/C11H13N3O2/c1-13-10(15)7-14(11(13)16)6-8-2-4-9(12)5-3-8/h2-5H,6-7,12H2,1H3. The van der Waals surface area contributed by atoms with Crippen LogP contribution in [0, 0.1) is 0 Å². The number of benzene rings is 1. The van der Waals surface area contributed by atoms with Crippen molar-refractivity contribution in [3.05, 3.63) is 29.8 Å². The molecule has 2 rings (SSSR count). The molecule has 1 heterocycles. The van der Waals surface area contributed by atoms with Gasteiger partial charge < -0.3 is 10.6 Å². The van der Waals surface area contributed by atoms with Crippen LogP contribution in [0.2, 0.25) is 0 Å². The highest BCUT2D eigenvalue weighted by molar-refractivity contribution is 6.01. The van der Waals surface area contributed by atoms with Gasteiger partial charge in [0, 0.05) is 19.3 Å². The van der Waals surface area contributed by atoms with Crippen molar-refractivity contribution in [2.24, 2.45) is 0 Å². The Morgan fingerprint density at radius 2 is 1.88 bits per heavy atom. The first-order valence-electron chi connectivity index (χ1n) is 4.98. The number of hydrogen-bond acceptors (Lipinski definition) is 3. The quantitative estimate of drug-likeness (QED) is 0.587. The predicted octanol–water partition coefficient (Wildman–Crippen LogP) is 0.663. The van der Waals surface area contributed by atoms with Gasteiger partial charge in [-0.1, -0.05) is 12.1 Å². The zero-order chi connectivity index (χ0) is 11.7. The second-order valence-corrected chi connectivity index (χ2v) is 3.83. The van der Waals surface area contributed by atoms with E-state index in [2.05, 4.69) is 0 Å². The van der Waals surface area contributed by atoms with Crippen LogP contribution in [0.5, 0.6) is 0 Å². The van der Waals surface area contributed by atoms with Crippen LogP contribution < -0.4 is 5.73 Å². The molecule has 0 atom stereocenters. The second kappa shape index (κ2) is 3.84. The van der Waals surface area contributed by atoms with E-state index in [1.807, 2.05) is 12.1 Å². The van der Waals surface area contributed by atoms with E-state index in [0.717, 1.165) is 10.5 Å². The average molecular weight is 219 g/mol. The normalized spacial score (nSPS) is 16.1. The van der Waals surface area contributed by atoms with Crippen LogP contribution in [0.3, 0.4) is 0 Å². The molecule has 1 fully saturated rings. The number of nitrogens with two attached hydrogens (primary N) is 1. The molecule has 1 aromatic rings. The van der Waals surface area contributed by atoms with E-state index < -0.39 is 0 Å². The highest BCUT2D eigenvalue weighted by Gasteiger charge is 2.32. The first-order chi connectivity index (χ1) is 7.58. The molecule has 0 aliphatic carbocycles. The molecule has 5 nitrogen and oxygen atoms in total. The fourth-order valence-electron chi connectivity index (χ4n) is 1.62. The van der Waals surface area contributed by atoms with E-state index in [1.54, 1.807) is 12.1 Å². The van der Waals surface area contributed by atoms with Crippen molar-refractivity contribution in [3.63, 3.8) is 0 Å². The number of amides is 3. The van der Waals surface area contributed by atoms with Crippen molar-refractivity contribution in [2.45, 2.75) is 6.54 Å². The predicted molar refractivity (Wildman–Crippen MR) is 59.4 cm³/mol. The van der Waals surface area contributed by atoms with Gasteiger partial charge in [-0.15, -0.1) is 0 Å². The number of rotatable bonds is 2. The highest BCUT2D eigenvalue weighted by Crippen LogP contribution is 2.13. The molecule has 2 N–H and O–H groups in total. The summed E-state index contributed by atoms with van der Waals surface area (Å²) in [5.41, 5.74) is 7.21. The zero-order valence-electron chi connectivity index (χ0n) is 9.01. The van der Waals surface area contributed by atoms with E-state index in [1.165, 1.54) is 11.9 Å². The number of hydrogen-bond donors (Lipinski definition) is 1. The van der Waals surface area contributed by atoms with Gasteiger partial charge in [-0.25, -0.2) is 4.79 Å². The molecule has 3 amide bonds. The van der Waals surface area contributed by atoms with Crippen LogP contribution in [-0.2, 0) is 11.3 Å². The van der Waals surface area contributed by atoms with E-state index in [-0.39, 0.29) is 18.5 Å². The largest absolute Gasteiger partial charge is 0.399 e. The number of urea groups is 1. The van der Waals surface area contributed by atoms with E-state index in [9.17, 15) is 9.59 Å². The lowest BCUT2D eigenvalue weighted by atomic mass is 10.2. The topological polar surface area (TPSA) is 66.6 Å². The van der Waals surface area contributed by atoms with Gasteiger partial charge in [-0.05, 0) is 17.7 Å². The molecule has 0 aromatic heterocycles. The van der Waals surface area contributed by atoms with Gasteiger partial charge in [0.1, 0.15) is 6.54 Å². The number of nitrogens with zero attached hydrogens (tertiary/aromatic N) is 2. The van der Waals surface area contributed by atoms with Crippen molar-refractivity contribution in [1.29, 1.82) is 0 Å². The molecular weight excluding hydrogens is 206 g/mol. The summed E-state index contributed by atoms with van der Waals surface area (Å²) in [7, 11) is 1.49. The lowest BCUT2D eigenvalue weighted by Gasteiger charge is -2.14. The summed E-state index contributed by atoms with van der Waals surface area (Å²) in [6.07, 6.45) is 0. The van der Waals surface area contributed by atoms with E-state index >= 15 is 0 Å². The Labute approximate surface area is 93.4 Å². The SMILES string of the molecule is CN1C(=O)CN(Cc2ccc(N)cc2)C1=O. The molecule has 1 aromatic carbocycles. The number of anilines is 1. The number of likely N-dealkylation sites (N-methyl/N-ethyl adjacent to an activating group) is 1. The zero-order valence-corrected chi connectivity index (χ0v) is 9.01. The first kappa shape index (κ1) is 10.5. The Bertz CT molecular complexity index is 427. The van der Waals surface area contributed by atoms with Gasteiger partial charge in [0.2, 0.25) is 5.91 Å². The molecule has 0 unspecified atom stereocenters. The van der Waals surface area contributed by atoms with Crippen molar-refractivity contribution >= 4 is 17.6 Å². The maximum atomic E-state index is 11.6. The third kappa shape index (κ3) is 1.84. The summed E-state index contributed by atoms with van der Waals surface area (Å²) in [6, 6.07) is 7.02. The van der Waals surface area contributed by atoms with Crippen LogP contribution in [0.4, 0.5) is 10.5 Å². The maximum Gasteiger partial charge on any atom is 0.327 e. The van der Waals surface area contributed by atoms with Gasteiger partial charge in [-0.3, -0.25) is 9.69 Å². The number of nitrogen functional groups attached to an aromatic ring is 1. The minimum Gasteiger partial charge on any atom is -0.399 e. The Hall–Kier alpha value is -2.04. The fraction of sp³-hybridized carbons (Fsp3) is 0.273. The van der Waals surface area contributed by atoms with E-state index in [0.29, 0.717) is 12.2 Å². The van der Waals surface area contributed by atoms with Gasteiger partial charge in [0.05, 0.1) is 0 Å². The molecule has 1 aliphatic rings. The summed E-state index contributed by atoms with van der Waals surface area (Å²) >= 11 is 0. The lowest BCUT2D eigenvalue weighted by molar-refractivity contribution is -0.124. The number of carbonyl (C=O) groups excluding carboxylic acids is 2. The smallest absolute Gasteiger partial charge is 0.327 e. The van der Waals surface area contributed by atoms with Crippen molar-refractivity contribution < 1.29 is 9.59 Å². The summed E-state index contributed by atoms with van der Waals surface area (Å²) < 4.78 is 0. The van der Waals surface area contributed by atoms with Gasteiger partial charge in [-0.2, -0.15) is 0 Å². The summed E-state index contributed by atoms with van der Waals surface area (Å²) in [5.74, 6) is -0.166. The van der Waals surface area contributed by atoms with Crippen molar-refractivity contribution in [3.8, 4) is 0 Å². The van der Waals surface area contributed by atoms with Gasteiger partial charge in [0.15, 0.2) is 0 Å². The summed E-state index contributed by atoms with van der Waals surface area (Å²) in [5, 5.41) is 0. The van der Waals surface area contributed by atoms with Crippen LogP contribution in [0.15, 0.2) is 24.3 Å². The maximum absolute atomic E-state index is 11.6. The molecule has 1 aliphatic heterocycles. The monoisotopic (exact) mass is 219 g/mol. The van der Waals surface area contributed by atoms with Crippen molar-refractivity contribution in [2.75, 3.05) is 19.3 Å².